The van der Waals surface area contributed by atoms with E-state index in [9.17, 15) is 14.0 Å². The van der Waals surface area contributed by atoms with Crippen LogP contribution in [-0.4, -0.2) is 15.7 Å². The molecule has 138 valence electrons. The summed E-state index contributed by atoms with van der Waals surface area (Å²) < 4.78 is 15.1. The molecule has 0 saturated carbocycles. The van der Waals surface area contributed by atoms with Crippen molar-refractivity contribution in [1.29, 1.82) is 0 Å². The fourth-order valence-corrected chi connectivity index (χ4v) is 2.93. The molecule has 7 heteroatoms. The van der Waals surface area contributed by atoms with Crippen molar-refractivity contribution in [2.75, 3.05) is 5.32 Å². The van der Waals surface area contributed by atoms with Crippen LogP contribution in [0.3, 0.4) is 0 Å². The van der Waals surface area contributed by atoms with E-state index in [0.717, 1.165) is 9.15 Å². The third kappa shape index (κ3) is 4.14. The largest absolute Gasteiger partial charge is 0.324 e. The van der Waals surface area contributed by atoms with Gasteiger partial charge < -0.3 is 5.32 Å². The zero-order valence-corrected chi connectivity index (χ0v) is 16.3. The molecule has 0 unspecified atom stereocenters. The maximum atomic E-state index is 13.1. The standard InChI is InChI=1S/C20H17BrFN3O2/c1-20(2,19(27)23-16-5-3-4-14(21)12-16)25-18(26)11-10-17(24-25)13-6-8-15(22)9-7-13/h3-12H,1-2H3,(H,23,27). The van der Waals surface area contributed by atoms with E-state index in [1.807, 2.05) is 6.07 Å². The van der Waals surface area contributed by atoms with Gasteiger partial charge in [0.15, 0.2) is 0 Å². The van der Waals surface area contributed by atoms with Gasteiger partial charge in [-0.1, -0.05) is 22.0 Å². The Morgan fingerprint density at radius 3 is 2.48 bits per heavy atom. The van der Waals surface area contributed by atoms with Crippen LogP contribution in [0.5, 0.6) is 0 Å². The first kappa shape index (κ1) is 19.0. The van der Waals surface area contributed by atoms with Gasteiger partial charge in [-0.3, -0.25) is 9.59 Å². The third-order valence-corrected chi connectivity index (χ3v) is 4.60. The van der Waals surface area contributed by atoms with Gasteiger partial charge in [-0.25, -0.2) is 9.07 Å². The van der Waals surface area contributed by atoms with Gasteiger partial charge in [-0.15, -0.1) is 0 Å². The first-order valence-electron chi connectivity index (χ1n) is 8.21. The number of hydrogen-bond acceptors (Lipinski definition) is 3. The molecule has 5 nitrogen and oxygen atoms in total. The van der Waals surface area contributed by atoms with Crippen LogP contribution in [0, 0.1) is 5.82 Å². The average Bonchev–Trinajstić information content (AvgIpc) is 2.62. The van der Waals surface area contributed by atoms with E-state index in [4.69, 9.17) is 0 Å². The van der Waals surface area contributed by atoms with E-state index >= 15 is 0 Å². The number of benzene rings is 2. The van der Waals surface area contributed by atoms with Crippen LogP contribution in [0.2, 0.25) is 0 Å². The van der Waals surface area contributed by atoms with E-state index in [1.165, 1.54) is 18.2 Å². The van der Waals surface area contributed by atoms with E-state index in [2.05, 4.69) is 26.3 Å². The van der Waals surface area contributed by atoms with Gasteiger partial charge in [-0.2, -0.15) is 5.10 Å². The molecule has 0 saturated heterocycles. The lowest BCUT2D eigenvalue weighted by molar-refractivity contribution is -0.123. The van der Waals surface area contributed by atoms with Crippen LogP contribution >= 0.6 is 15.9 Å². The summed E-state index contributed by atoms with van der Waals surface area (Å²) in [6, 6.07) is 15.8. The van der Waals surface area contributed by atoms with Crippen LogP contribution < -0.4 is 10.9 Å². The SMILES string of the molecule is CC(C)(C(=O)Nc1cccc(Br)c1)n1nc(-c2ccc(F)cc2)ccc1=O. The quantitative estimate of drug-likeness (QED) is 0.676. The Hall–Kier alpha value is -2.80. The van der Waals surface area contributed by atoms with Crippen LogP contribution in [0.1, 0.15) is 13.8 Å². The van der Waals surface area contributed by atoms with Crippen molar-refractivity contribution in [2.45, 2.75) is 19.4 Å². The second kappa shape index (κ2) is 7.44. The Balaban J connectivity index is 1.95. The molecule has 0 fully saturated rings. The van der Waals surface area contributed by atoms with Crippen LogP contribution in [0.15, 0.2) is 69.9 Å². The van der Waals surface area contributed by atoms with Gasteiger partial charge >= 0.3 is 0 Å². The van der Waals surface area contributed by atoms with Crippen molar-refractivity contribution in [1.82, 2.24) is 9.78 Å². The number of anilines is 1. The highest BCUT2D eigenvalue weighted by Gasteiger charge is 2.32. The number of carbonyl (C=O) groups is 1. The van der Waals surface area contributed by atoms with E-state index in [-0.39, 0.29) is 11.7 Å². The molecule has 0 aliphatic heterocycles. The Bertz CT molecular complexity index is 1050. The summed E-state index contributed by atoms with van der Waals surface area (Å²) in [5, 5.41) is 7.13. The third-order valence-electron chi connectivity index (χ3n) is 4.11. The fourth-order valence-electron chi connectivity index (χ4n) is 2.53. The summed E-state index contributed by atoms with van der Waals surface area (Å²) in [6.45, 7) is 3.23. The highest BCUT2D eigenvalue weighted by Crippen LogP contribution is 2.21. The number of nitrogens with zero attached hydrogens (tertiary/aromatic N) is 2. The lowest BCUT2D eigenvalue weighted by atomic mass is 10.0. The highest BCUT2D eigenvalue weighted by atomic mass is 79.9. The fraction of sp³-hybridized carbons (Fsp3) is 0.150. The summed E-state index contributed by atoms with van der Waals surface area (Å²) in [5.41, 5.74) is 0.0711. The molecule has 2 aromatic carbocycles. The Labute approximate surface area is 164 Å². The lowest BCUT2D eigenvalue weighted by Gasteiger charge is -2.25. The van der Waals surface area contributed by atoms with Gasteiger partial charge in [0, 0.05) is 21.8 Å². The summed E-state index contributed by atoms with van der Waals surface area (Å²) in [4.78, 5) is 25.2. The molecule has 0 aliphatic rings. The lowest BCUT2D eigenvalue weighted by Crippen LogP contribution is -2.47. The van der Waals surface area contributed by atoms with Gasteiger partial charge in [0.1, 0.15) is 11.4 Å². The van der Waals surface area contributed by atoms with Crippen molar-refractivity contribution >= 4 is 27.5 Å². The number of carbonyl (C=O) groups excluding carboxylic acids is 1. The zero-order chi connectivity index (χ0) is 19.6. The topological polar surface area (TPSA) is 64.0 Å². The van der Waals surface area contributed by atoms with E-state index < -0.39 is 11.1 Å². The molecule has 27 heavy (non-hydrogen) atoms. The van der Waals surface area contributed by atoms with Crippen molar-refractivity contribution in [3.8, 4) is 11.3 Å². The van der Waals surface area contributed by atoms with Crippen molar-refractivity contribution in [2.24, 2.45) is 0 Å². The Morgan fingerprint density at radius 2 is 1.81 bits per heavy atom. The van der Waals surface area contributed by atoms with Crippen LogP contribution in [-0.2, 0) is 10.3 Å². The monoisotopic (exact) mass is 429 g/mol. The smallest absolute Gasteiger partial charge is 0.267 e. The van der Waals surface area contributed by atoms with Crippen LogP contribution in [0.4, 0.5) is 10.1 Å². The molecule has 1 aromatic heterocycles. The summed E-state index contributed by atoms with van der Waals surface area (Å²) in [6.07, 6.45) is 0. The molecule has 0 radical (unpaired) electrons. The predicted octanol–water partition coefficient (Wildman–Crippen LogP) is 4.19. The zero-order valence-electron chi connectivity index (χ0n) is 14.7. The minimum absolute atomic E-state index is 0.360. The number of rotatable bonds is 4. The number of aromatic nitrogens is 2. The summed E-state index contributed by atoms with van der Waals surface area (Å²) in [5.74, 6) is -0.743. The molecule has 0 aliphatic carbocycles. The minimum atomic E-state index is -1.24. The average molecular weight is 430 g/mol. The van der Waals surface area contributed by atoms with Gasteiger partial charge in [0.25, 0.3) is 11.5 Å². The van der Waals surface area contributed by atoms with Gasteiger partial charge in [-0.05, 0) is 62.4 Å². The highest BCUT2D eigenvalue weighted by molar-refractivity contribution is 9.10. The molecule has 1 amide bonds. The number of amides is 1. The first-order chi connectivity index (χ1) is 12.8. The molecule has 3 aromatic rings. The molecular weight excluding hydrogens is 413 g/mol. The second-order valence-electron chi connectivity index (χ2n) is 6.50. The summed E-state index contributed by atoms with van der Waals surface area (Å²) >= 11 is 3.35. The van der Waals surface area contributed by atoms with E-state index in [1.54, 1.807) is 50.2 Å². The molecule has 0 bridgehead atoms. The first-order valence-corrected chi connectivity index (χ1v) is 9.00. The number of nitrogens with one attached hydrogen (secondary N) is 1. The normalized spacial score (nSPS) is 11.3. The van der Waals surface area contributed by atoms with Crippen molar-refractivity contribution in [3.05, 3.63) is 81.3 Å². The van der Waals surface area contributed by atoms with Crippen LogP contribution in [0.25, 0.3) is 11.3 Å². The maximum Gasteiger partial charge on any atom is 0.267 e. The summed E-state index contributed by atoms with van der Waals surface area (Å²) in [7, 11) is 0. The molecule has 0 atom stereocenters. The Morgan fingerprint density at radius 1 is 1.11 bits per heavy atom. The predicted molar refractivity (Wildman–Crippen MR) is 106 cm³/mol. The Kier molecular flexibility index (Phi) is 5.23. The molecular formula is C20H17BrFN3O2. The van der Waals surface area contributed by atoms with Crippen molar-refractivity contribution < 1.29 is 9.18 Å². The minimum Gasteiger partial charge on any atom is -0.324 e. The van der Waals surface area contributed by atoms with E-state index in [0.29, 0.717) is 16.9 Å². The van der Waals surface area contributed by atoms with Crippen molar-refractivity contribution in [3.63, 3.8) is 0 Å². The number of hydrogen-bond donors (Lipinski definition) is 1. The molecule has 1 heterocycles. The number of halogens is 2. The molecule has 3 rings (SSSR count). The molecule has 1 N–H and O–H groups in total. The van der Waals surface area contributed by atoms with Gasteiger partial charge in [0.2, 0.25) is 0 Å². The maximum absolute atomic E-state index is 13.1. The second-order valence-corrected chi connectivity index (χ2v) is 7.41. The molecule has 0 spiro atoms. The van der Waals surface area contributed by atoms with Gasteiger partial charge in [0.05, 0.1) is 5.69 Å².